The number of nitrogens with one attached hydrogen (secondary N) is 2. The van der Waals surface area contributed by atoms with Gasteiger partial charge in [0.15, 0.2) is 0 Å². The van der Waals surface area contributed by atoms with Gasteiger partial charge >= 0.3 is 5.92 Å². The smallest absolute Gasteiger partial charge is 0.321 e. The number of aliphatic hydroxyl groups excluding tert-OH is 1. The zero-order chi connectivity index (χ0) is 30.4. The Balaban J connectivity index is 1.59. The molecule has 0 aliphatic carbocycles. The van der Waals surface area contributed by atoms with Gasteiger partial charge in [0.05, 0.1) is 36.7 Å². The third-order valence-electron chi connectivity index (χ3n) is 6.63. The van der Waals surface area contributed by atoms with Crippen molar-refractivity contribution in [2.45, 2.75) is 51.4 Å². The van der Waals surface area contributed by atoms with Gasteiger partial charge in [0, 0.05) is 42.2 Å². The van der Waals surface area contributed by atoms with Crippen molar-refractivity contribution in [2.24, 2.45) is 0 Å². The third kappa shape index (κ3) is 7.19. The average molecular weight is 582 g/mol. The largest absolute Gasteiger partial charge is 0.484 e. The lowest BCUT2D eigenvalue weighted by Gasteiger charge is -2.27. The zero-order valence-corrected chi connectivity index (χ0v) is 23.7. The predicted molar refractivity (Wildman–Crippen MR) is 152 cm³/mol. The topological polar surface area (TPSA) is 128 Å². The van der Waals surface area contributed by atoms with Crippen LogP contribution in [0.3, 0.4) is 0 Å². The van der Waals surface area contributed by atoms with Crippen LogP contribution in [0.2, 0.25) is 0 Å². The maximum Gasteiger partial charge on any atom is 0.321 e. The lowest BCUT2D eigenvalue weighted by molar-refractivity contribution is -0.144. The number of hydrogen-bond acceptors (Lipinski definition) is 7. The Kier molecular flexibility index (Phi) is 9.36. The lowest BCUT2D eigenvalue weighted by atomic mass is 10.0. The molecule has 4 rings (SSSR count). The van der Waals surface area contributed by atoms with Crippen molar-refractivity contribution >= 4 is 22.7 Å². The fourth-order valence-electron chi connectivity index (χ4n) is 4.22. The van der Waals surface area contributed by atoms with Crippen LogP contribution < -0.4 is 20.1 Å². The molecule has 2 amide bonds. The van der Waals surface area contributed by atoms with Gasteiger partial charge in [-0.1, -0.05) is 13.0 Å². The fourth-order valence-corrected chi connectivity index (χ4v) is 4.22. The highest BCUT2D eigenvalue weighted by molar-refractivity contribution is 5.95. The number of fused-ring (bicyclic) bond motifs is 1. The van der Waals surface area contributed by atoms with Crippen LogP contribution in [0, 0.1) is 0 Å². The molecule has 10 nitrogen and oxygen atoms in total. The van der Waals surface area contributed by atoms with Gasteiger partial charge in [-0.15, -0.1) is 0 Å². The molecule has 3 N–H and O–H groups in total. The van der Waals surface area contributed by atoms with E-state index in [2.05, 4.69) is 20.7 Å². The Morgan fingerprint density at radius 1 is 1.12 bits per heavy atom. The van der Waals surface area contributed by atoms with E-state index in [0.29, 0.717) is 41.8 Å². The Morgan fingerprint density at radius 2 is 1.90 bits per heavy atom. The molecule has 0 saturated carbocycles. The average Bonchev–Trinajstić information content (AvgIpc) is 3.41. The molecule has 0 spiro atoms. The quantitative estimate of drug-likeness (QED) is 0.229. The fraction of sp³-hybridized carbons (Fsp3) is 0.333. The summed E-state index contributed by atoms with van der Waals surface area (Å²) in [5, 5.41) is 20.0. The number of nitrogens with zero attached hydrogens (tertiary/aromatic N) is 3. The summed E-state index contributed by atoms with van der Waals surface area (Å²) in [6, 6.07) is 14.6. The summed E-state index contributed by atoms with van der Waals surface area (Å²) in [5.41, 5.74) is 2.35. The summed E-state index contributed by atoms with van der Waals surface area (Å²) in [7, 11) is 1.47. The maximum atomic E-state index is 13.6. The van der Waals surface area contributed by atoms with E-state index in [9.17, 15) is 23.5 Å². The highest BCUT2D eigenvalue weighted by Crippen LogP contribution is 2.30. The minimum absolute atomic E-state index is 0.157. The first kappa shape index (κ1) is 30.4. The van der Waals surface area contributed by atoms with Crippen molar-refractivity contribution in [3.63, 3.8) is 0 Å². The number of halogens is 2. The number of benzene rings is 2. The van der Waals surface area contributed by atoms with Gasteiger partial charge in [-0.2, -0.15) is 13.9 Å². The van der Waals surface area contributed by atoms with Crippen LogP contribution in [0.5, 0.6) is 11.6 Å². The first-order valence-electron chi connectivity index (χ1n) is 13.4. The van der Waals surface area contributed by atoms with Gasteiger partial charge in [-0.25, -0.2) is 9.67 Å². The highest BCUT2D eigenvalue weighted by atomic mass is 19.3. The number of carbonyl (C=O) groups is 2. The second kappa shape index (κ2) is 12.9. The monoisotopic (exact) mass is 581 g/mol. The first-order chi connectivity index (χ1) is 20.0. The van der Waals surface area contributed by atoms with E-state index in [4.69, 9.17) is 9.47 Å². The van der Waals surface area contributed by atoms with Crippen LogP contribution in [0.4, 0.5) is 8.78 Å². The number of hydrogen-bond donors (Lipinski definition) is 3. The van der Waals surface area contributed by atoms with Gasteiger partial charge in [-0.3, -0.25) is 9.59 Å². The molecule has 2 aromatic carbocycles. The molecule has 0 unspecified atom stereocenters. The van der Waals surface area contributed by atoms with E-state index in [-0.39, 0.29) is 12.5 Å². The summed E-state index contributed by atoms with van der Waals surface area (Å²) in [5.74, 6) is -4.51. The van der Waals surface area contributed by atoms with E-state index in [0.717, 1.165) is 10.9 Å². The summed E-state index contributed by atoms with van der Waals surface area (Å²) >= 11 is 0. The minimum atomic E-state index is -3.56. The van der Waals surface area contributed by atoms with Gasteiger partial charge in [-0.05, 0) is 55.8 Å². The van der Waals surface area contributed by atoms with Crippen LogP contribution in [0.25, 0.3) is 16.6 Å². The molecule has 222 valence electrons. The number of rotatable bonds is 12. The predicted octanol–water partition coefficient (Wildman–Crippen LogP) is 4.21. The van der Waals surface area contributed by atoms with E-state index >= 15 is 0 Å². The number of aliphatic hydroxyl groups is 1. The van der Waals surface area contributed by atoms with Crippen LogP contribution in [0.1, 0.15) is 49.2 Å². The SMILES string of the molecule is CC[C@H](O)CNC(=O)c1cccc(-n2ncc3cc(O[C@H](c4ccc(OC)nc4)[C@H](C)NC(=O)C(C)(F)F)ccc32)c1. The first-order valence-corrected chi connectivity index (χ1v) is 13.4. The summed E-state index contributed by atoms with van der Waals surface area (Å²) < 4.78 is 40.2. The normalized spacial score (nSPS) is 13.7. The van der Waals surface area contributed by atoms with Crippen molar-refractivity contribution in [3.05, 3.63) is 78.1 Å². The molecule has 12 heteroatoms. The summed E-state index contributed by atoms with van der Waals surface area (Å²) in [4.78, 5) is 28.8. The molecule has 0 aliphatic rings. The number of aromatic nitrogens is 3. The van der Waals surface area contributed by atoms with E-state index < -0.39 is 30.1 Å². The molecule has 2 heterocycles. The molecule has 0 bridgehead atoms. The maximum absolute atomic E-state index is 13.6. The van der Waals surface area contributed by atoms with E-state index in [1.54, 1.807) is 66.3 Å². The number of pyridine rings is 1. The number of methoxy groups -OCH3 is 1. The third-order valence-corrected chi connectivity index (χ3v) is 6.63. The Hall–Kier alpha value is -4.58. The van der Waals surface area contributed by atoms with Gasteiger partial charge < -0.3 is 25.2 Å². The van der Waals surface area contributed by atoms with Gasteiger partial charge in [0.2, 0.25) is 5.88 Å². The molecule has 3 atom stereocenters. The van der Waals surface area contributed by atoms with Crippen LogP contribution in [0.15, 0.2) is 67.0 Å². The number of ether oxygens (including phenoxy) is 2. The minimum Gasteiger partial charge on any atom is -0.484 e. The zero-order valence-electron chi connectivity index (χ0n) is 23.7. The van der Waals surface area contributed by atoms with Crippen LogP contribution in [-0.2, 0) is 4.79 Å². The summed E-state index contributed by atoms with van der Waals surface area (Å²) in [6.07, 6.45) is 2.20. The second-order valence-corrected chi connectivity index (χ2v) is 9.92. The Bertz CT molecular complexity index is 1540. The molecular weight excluding hydrogens is 548 g/mol. The number of carbonyl (C=O) groups excluding carboxylic acids is 2. The van der Waals surface area contributed by atoms with Crippen molar-refractivity contribution in [3.8, 4) is 17.3 Å². The standard InChI is InChI=1S/C30H33F2N5O5/c1-5-23(38)17-34-28(39)19-7-6-8-22(13-19)37-25-11-10-24(14-21(25)16-35-37)42-27(18(2)36-29(40)30(3,31)32)20-9-12-26(41-4)33-15-20/h6-16,18,23,27,38H,5,17H2,1-4H3,(H,34,39)(H,36,40)/t18-,23-,27-/m0/s1. The summed E-state index contributed by atoms with van der Waals surface area (Å²) in [6.45, 7) is 4.09. The number of alkyl halides is 2. The molecule has 0 saturated heterocycles. The van der Waals surface area contributed by atoms with Gasteiger partial charge in [0.25, 0.3) is 11.8 Å². The molecular formula is C30H33F2N5O5. The highest BCUT2D eigenvalue weighted by Gasteiger charge is 2.35. The van der Waals surface area contributed by atoms with Crippen molar-refractivity contribution in [1.29, 1.82) is 0 Å². The Labute approximate surface area is 241 Å². The molecule has 4 aromatic rings. The van der Waals surface area contributed by atoms with Crippen LogP contribution >= 0.6 is 0 Å². The molecule has 2 aromatic heterocycles. The lowest BCUT2D eigenvalue weighted by Crippen LogP contribution is -2.46. The number of amides is 2. The van der Waals surface area contributed by atoms with Crippen LogP contribution in [-0.4, -0.2) is 63.4 Å². The van der Waals surface area contributed by atoms with E-state index in [1.807, 2.05) is 13.0 Å². The van der Waals surface area contributed by atoms with Gasteiger partial charge in [0.1, 0.15) is 11.9 Å². The molecule has 42 heavy (non-hydrogen) atoms. The van der Waals surface area contributed by atoms with Crippen molar-refractivity contribution in [1.82, 2.24) is 25.4 Å². The molecule has 0 fully saturated rings. The Morgan fingerprint density at radius 3 is 2.57 bits per heavy atom. The molecule has 0 radical (unpaired) electrons. The van der Waals surface area contributed by atoms with E-state index in [1.165, 1.54) is 13.3 Å². The second-order valence-electron chi connectivity index (χ2n) is 9.92. The van der Waals surface area contributed by atoms with Crippen molar-refractivity contribution in [2.75, 3.05) is 13.7 Å². The molecule has 0 aliphatic heterocycles. The van der Waals surface area contributed by atoms with Crippen molar-refractivity contribution < 1.29 is 33.0 Å².